The van der Waals surface area contributed by atoms with Crippen molar-refractivity contribution >= 4 is 5.97 Å². The molecule has 1 rings (SSSR count). The van der Waals surface area contributed by atoms with Gasteiger partial charge in [-0.2, -0.15) is 0 Å². The molecule has 0 saturated heterocycles. The summed E-state index contributed by atoms with van der Waals surface area (Å²) in [5.74, 6) is -0.986. The topological polar surface area (TPSA) is 82.7 Å². The maximum atomic E-state index is 10.7. The Bertz CT molecular complexity index is 332. The van der Waals surface area contributed by atoms with Crippen LogP contribution in [0.25, 0.3) is 0 Å². The van der Waals surface area contributed by atoms with Gasteiger partial charge in [-0.15, -0.1) is 0 Å². The number of aromatic nitrogens is 1. The molecule has 1 aromatic heterocycles. The van der Waals surface area contributed by atoms with Crippen LogP contribution in [0, 0.1) is 6.92 Å². The zero-order chi connectivity index (χ0) is 10.7. The van der Waals surface area contributed by atoms with Crippen LogP contribution < -0.4 is 0 Å². The third kappa shape index (κ3) is 2.12. The van der Waals surface area contributed by atoms with Gasteiger partial charge in [0.2, 0.25) is 0 Å². The summed E-state index contributed by atoms with van der Waals surface area (Å²) < 4.78 is 1.60. The molecule has 1 unspecified atom stereocenters. The SMILES string of the molecule is Cc1c(C(=O)O)ccn1CC(O)CO. The average molecular weight is 199 g/mol. The number of hydrogen-bond acceptors (Lipinski definition) is 3. The smallest absolute Gasteiger partial charge is 0.337 e. The molecule has 0 amide bonds. The first-order valence-corrected chi connectivity index (χ1v) is 4.24. The first-order valence-electron chi connectivity index (χ1n) is 4.24. The van der Waals surface area contributed by atoms with Gasteiger partial charge < -0.3 is 19.9 Å². The minimum Gasteiger partial charge on any atom is -0.478 e. The highest BCUT2D eigenvalue weighted by molar-refractivity contribution is 5.88. The van der Waals surface area contributed by atoms with Gasteiger partial charge in [0.05, 0.1) is 24.8 Å². The van der Waals surface area contributed by atoms with E-state index in [1.807, 2.05) is 0 Å². The highest BCUT2D eigenvalue weighted by Gasteiger charge is 2.12. The van der Waals surface area contributed by atoms with E-state index in [1.54, 1.807) is 17.7 Å². The van der Waals surface area contributed by atoms with Crippen molar-refractivity contribution in [1.29, 1.82) is 0 Å². The molecule has 1 heterocycles. The highest BCUT2D eigenvalue weighted by atomic mass is 16.4. The van der Waals surface area contributed by atoms with E-state index >= 15 is 0 Å². The van der Waals surface area contributed by atoms with Gasteiger partial charge in [0, 0.05) is 11.9 Å². The third-order valence-corrected chi connectivity index (χ3v) is 2.09. The van der Waals surface area contributed by atoms with Gasteiger partial charge >= 0.3 is 5.97 Å². The molecule has 5 heteroatoms. The Morgan fingerprint density at radius 2 is 2.29 bits per heavy atom. The maximum Gasteiger partial charge on any atom is 0.337 e. The van der Waals surface area contributed by atoms with E-state index in [2.05, 4.69) is 0 Å². The summed E-state index contributed by atoms with van der Waals surface area (Å²) in [6, 6.07) is 1.47. The number of aliphatic hydroxyl groups excluding tert-OH is 2. The van der Waals surface area contributed by atoms with E-state index in [-0.39, 0.29) is 18.7 Å². The van der Waals surface area contributed by atoms with Crippen molar-refractivity contribution in [2.75, 3.05) is 6.61 Å². The second-order valence-corrected chi connectivity index (χ2v) is 3.11. The summed E-state index contributed by atoms with van der Waals surface area (Å²) in [6.07, 6.45) is 0.722. The third-order valence-electron chi connectivity index (χ3n) is 2.09. The molecule has 0 aromatic carbocycles. The lowest BCUT2D eigenvalue weighted by Crippen LogP contribution is -2.20. The lowest BCUT2D eigenvalue weighted by Gasteiger charge is -2.10. The van der Waals surface area contributed by atoms with E-state index in [9.17, 15) is 4.79 Å². The minimum atomic E-state index is -0.986. The number of hydrogen-bond donors (Lipinski definition) is 3. The van der Waals surface area contributed by atoms with Crippen molar-refractivity contribution in [3.05, 3.63) is 23.5 Å². The molecule has 0 radical (unpaired) electrons. The molecule has 0 aliphatic rings. The Kier molecular flexibility index (Phi) is 3.27. The second kappa shape index (κ2) is 4.26. The fourth-order valence-corrected chi connectivity index (χ4v) is 1.26. The lowest BCUT2D eigenvalue weighted by atomic mass is 10.2. The average Bonchev–Trinajstić information content (AvgIpc) is 2.48. The molecule has 0 spiro atoms. The van der Waals surface area contributed by atoms with Crippen LogP contribution in [0.4, 0.5) is 0 Å². The molecule has 78 valence electrons. The van der Waals surface area contributed by atoms with Crippen LogP contribution in [0.3, 0.4) is 0 Å². The largest absolute Gasteiger partial charge is 0.478 e. The van der Waals surface area contributed by atoms with Crippen molar-refractivity contribution in [1.82, 2.24) is 4.57 Å². The molecule has 0 bridgehead atoms. The fraction of sp³-hybridized carbons (Fsp3) is 0.444. The second-order valence-electron chi connectivity index (χ2n) is 3.11. The van der Waals surface area contributed by atoms with Gasteiger partial charge in [0.1, 0.15) is 0 Å². The van der Waals surface area contributed by atoms with Crippen LogP contribution in [-0.4, -0.2) is 38.6 Å². The molecule has 0 fully saturated rings. The van der Waals surface area contributed by atoms with Crippen LogP contribution >= 0.6 is 0 Å². The van der Waals surface area contributed by atoms with Crippen molar-refractivity contribution in [3.63, 3.8) is 0 Å². The van der Waals surface area contributed by atoms with E-state index < -0.39 is 12.1 Å². The van der Waals surface area contributed by atoms with E-state index in [4.69, 9.17) is 15.3 Å². The summed E-state index contributed by atoms with van der Waals surface area (Å²) in [4.78, 5) is 10.7. The zero-order valence-corrected chi connectivity index (χ0v) is 7.84. The highest BCUT2D eigenvalue weighted by Crippen LogP contribution is 2.10. The Hall–Kier alpha value is -1.33. The Morgan fingerprint density at radius 1 is 1.64 bits per heavy atom. The maximum absolute atomic E-state index is 10.7. The predicted molar refractivity (Wildman–Crippen MR) is 49.2 cm³/mol. The number of carboxylic acid groups (broad SMARTS) is 1. The van der Waals surface area contributed by atoms with Crippen LogP contribution in [0.5, 0.6) is 0 Å². The summed E-state index contributed by atoms with van der Waals surface area (Å²) in [6.45, 7) is 1.53. The van der Waals surface area contributed by atoms with E-state index in [0.717, 1.165) is 0 Å². The number of rotatable bonds is 4. The fourth-order valence-electron chi connectivity index (χ4n) is 1.26. The Morgan fingerprint density at radius 3 is 2.71 bits per heavy atom. The first-order chi connectivity index (χ1) is 6.56. The number of aromatic carboxylic acids is 1. The summed E-state index contributed by atoms with van der Waals surface area (Å²) in [7, 11) is 0. The Labute approximate surface area is 81.2 Å². The number of aliphatic hydroxyl groups is 2. The number of carbonyl (C=O) groups is 1. The van der Waals surface area contributed by atoms with Crippen LogP contribution in [0.15, 0.2) is 12.3 Å². The van der Waals surface area contributed by atoms with Gasteiger partial charge in [0.15, 0.2) is 0 Å². The van der Waals surface area contributed by atoms with Crippen molar-refractivity contribution in [3.8, 4) is 0 Å². The van der Waals surface area contributed by atoms with Gasteiger partial charge in [-0.05, 0) is 13.0 Å². The van der Waals surface area contributed by atoms with Crippen molar-refractivity contribution in [2.24, 2.45) is 0 Å². The summed E-state index contributed by atoms with van der Waals surface area (Å²) >= 11 is 0. The quantitative estimate of drug-likeness (QED) is 0.629. The Balaban J connectivity index is 2.84. The minimum absolute atomic E-state index is 0.204. The van der Waals surface area contributed by atoms with Gasteiger partial charge in [-0.25, -0.2) is 4.79 Å². The van der Waals surface area contributed by atoms with E-state index in [0.29, 0.717) is 5.69 Å². The molecule has 0 aliphatic carbocycles. The number of nitrogens with zero attached hydrogens (tertiary/aromatic N) is 1. The molecule has 0 aliphatic heterocycles. The molecule has 5 nitrogen and oxygen atoms in total. The normalized spacial score (nSPS) is 12.8. The van der Waals surface area contributed by atoms with Crippen LogP contribution in [0.2, 0.25) is 0 Å². The van der Waals surface area contributed by atoms with Crippen molar-refractivity contribution in [2.45, 2.75) is 19.6 Å². The lowest BCUT2D eigenvalue weighted by molar-refractivity contribution is 0.0693. The molecule has 3 N–H and O–H groups in total. The van der Waals surface area contributed by atoms with Crippen LogP contribution in [-0.2, 0) is 6.54 Å². The standard InChI is InChI=1S/C9H13NO4/c1-6-8(9(13)14)2-3-10(6)4-7(12)5-11/h2-3,7,11-12H,4-5H2,1H3,(H,13,14). The van der Waals surface area contributed by atoms with Crippen molar-refractivity contribution < 1.29 is 20.1 Å². The first kappa shape index (κ1) is 10.7. The van der Waals surface area contributed by atoms with E-state index in [1.165, 1.54) is 6.07 Å². The summed E-state index contributed by atoms with van der Waals surface area (Å²) in [5, 5.41) is 26.5. The molecule has 1 aromatic rings. The summed E-state index contributed by atoms with van der Waals surface area (Å²) in [5.41, 5.74) is 0.792. The van der Waals surface area contributed by atoms with Gasteiger partial charge in [0.25, 0.3) is 0 Å². The predicted octanol–water partition coefficient (Wildman–Crippen LogP) is -0.152. The molecular weight excluding hydrogens is 186 g/mol. The molecule has 14 heavy (non-hydrogen) atoms. The molecule has 0 saturated carbocycles. The zero-order valence-electron chi connectivity index (χ0n) is 7.84. The molecule has 1 atom stereocenters. The molecular formula is C9H13NO4. The number of carboxylic acids is 1. The van der Waals surface area contributed by atoms with Crippen LogP contribution in [0.1, 0.15) is 16.1 Å². The monoisotopic (exact) mass is 199 g/mol. The van der Waals surface area contributed by atoms with Gasteiger partial charge in [-0.3, -0.25) is 0 Å². The van der Waals surface area contributed by atoms with Gasteiger partial charge in [-0.1, -0.05) is 0 Å².